The Morgan fingerprint density at radius 1 is 0.522 bits per heavy atom. The van der Waals surface area contributed by atoms with Gasteiger partial charge in [-0.15, -0.1) is 0 Å². The summed E-state index contributed by atoms with van der Waals surface area (Å²) in [5.74, 6) is -0.122. The highest BCUT2D eigenvalue weighted by Gasteiger charge is 2.14. The standard InChI is InChI=1S/C40H76N2O4/c1-6-8-10-12-14-22-28-36-45-39(43)32-26-20-16-18-24-30-38(42(5)35-34-41(3)4)31-25-19-17-21-27-33-40(44)46-37-29-23-15-13-11-9-7-2/h22-23,28-29,38H,6-21,24-27,30-37H2,1-5H3/b28-22+,29-23+. The Morgan fingerprint density at radius 2 is 0.935 bits per heavy atom. The minimum atomic E-state index is -0.0608. The molecule has 0 aliphatic rings. The van der Waals surface area contributed by atoms with Gasteiger partial charge < -0.3 is 19.3 Å². The molecule has 0 unspecified atom stereocenters. The summed E-state index contributed by atoms with van der Waals surface area (Å²) in [4.78, 5) is 28.8. The van der Waals surface area contributed by atoms with Crippen molar-refractivity contribution >= 4 is 11.9 Å². The third-order valence-electron chi connectivity index (χ3n) is 8.82. The molecule has 46 heavy (non-hydrogen) atoms. The molecule has 0 aromatic carbocycles. The first kappa shape index (κ1) is 44.3. The zero-order valence-corrected chi connectivity index (χ0v) is 31.2. The lowest BCUT2D eigenvalue weighted by Crippen LogP contribution is -2.36. The van der Waals surface area contributed by atoms with Gasteiger partial charge in [0.25, 0.3) is 0 Å². The lowest BCUT2D eigenvalue weighted by molar-refractivity contribution is -0.143. The van der Waals surface area contributed by atoms with Crippen molar-refractivity contribution in [1.29, 1.82) is 0 Å². The predicted octanol–water partition coefficient (Wildman–Crippen LogP) is 10.4. The molecule has 6 heteroatoms. The first-order valence-electron chi connectivity index (χ1n) is 19.4. The number of esters is 2. The van der Waals surface area contributed by atoms with E-state index in [1.54, 1.807) is 0 Å². The second kappa shape index (κ2) is 34.7. The van der Waals surface area contributed by atoms with Crippen molar-refractivity contribution in [2.45, 2.75) is 174 Å². The number of allylic oxidation sites excluding steroid dienone is 2. The molecule has 0 aliphatic carbocycles. The largest absolute Gasteiger partial charge is 0.461 e. The molecule has 6 nitrogen and oxygen atoms in total. The molecule has 0 atom stereocenters. The number of hydrogen-bond acceptors (Lipinski definition) is 6. The highest BCUT2D eigenvalue weighted by molar-refractivity contribution is 5.69. The maximum Gasteiger partial charge on any atom is 0.306 e. The fraction of sp³-hybridized carbons (Fsp3) is 0.850. The van der Waals surface area contributed by atoms with Crippen LogP contribution in [0.1, 0.15) is 168 Å². The third-order valence-corrected chi connectivity index (χ3v) is 8.82. The van der Waals surface area contributed by atoms with Gasteiger partial charge in [-0.05, 0) is 72.5 Å². The summed E-state index contributed by atoms with van der Waals surface area (Å²) >= 11 is 0. The van der Waals surface area contributed by atoms with E-state index in [1.165, 1.54) is 103 Å². The summed E-state index contributed by atoms with van der Waals surface area (Å²) in [5, 5.41) is 0. The van der Waals surface area contributed by atoms with Crippen LogP contribution in [-0.4, -0.2) is 75.2 Å². The van der Waals surface area contributed by atoms with E-state index >= 15 is 0 Å². The Morgan fingerprint density at radius 3 is 1.37 bits per heavy atom. The Labute approximate surface area is 286 Å². The fourth-order valence-electron chi connectivity index (χ4n) is 5.66. The minimum Gasteiger partial charge on any atom is -0.461 e. The molecule has 0 saturated carbocycles. The average Bonchev–Trinajstić information content (AvgIpc) is 3.04. The Kier molecular flexibility index (Phi) is 33.4. The van der Waals surface area contributed by atoms with Gasteiger partial charge in [0.2, 0.25) is 0 Å². The van der Waals surface area contributed by atoms with E-state index in [1.807, 2.05) is 12.2 Å². The number of likely N-dealkylation sites (N-methyl/N-ethyl adjacent to an activating group) is 2. The monoisotopic (exact) mass is 649 g/mol. The van der Waals surface area contributed by atoms with Crippen molar-refractivity contribution in [3.05, 3.63) is 24.3 Å². The predicted molar refractivity (Wildman–Crippen MR) is 197 cm³/mol. The molecule has 0 aromatic heterocycles. The molecule has 0 radical (unpaired) electrons. The van der Waals surface area contributed by atoms with E-state index in [-0.39, 0.29) is 11.9 Å². The number of hydrogen-bond donors (Lipinski definition) is 0. The van der Waals surface area contributed by atoms with Gasteiger partial charge in [-0.1, -0.05) is 128 Å². The van der Waals surface area contributed by atoms with Gasteiger partial charge in [0.15, 0.2) is 0 Å². The molecular weight excluding hydrogens is 572 g/mol. The van der Waals surface area contributed by atoms with Crippen LogP contribution < -0.4 is 0 Å². The molecule has 0 amide bonds. The quantitative estimate of drug-likeness (QED) is 0.0393. The third kappa shape index (κ3) is 32.3. The fourth-order valence-corrected chi connectivity index (χ4v) is 5.66. The van der Waals surface area contributed by atoms with Crippen LogP contribution in [0.25, 0.3) is 0 Å². The molecular formula is C40H76N2O4. The lowest BCUT2D eigenvalue weighted by atomic mass is 9.99. The van der Waals surface area contributed by atoms with Crippen LogP contribution in [0.15, 0.2) is 24.3 Å². The van der Waals surface area contributed by atoms with Gasteiger partial charge in [-0.3, -0.25) is 9.59 Å². The zero-order valence-electron chi connectivity index (χ0n) is 31.2. The summed E-state index contributed by atoms with van der Waals surface area (Å²) in [6.45, 7) is 7.48. The normalized spacial score (nSPS) is 12.0. The van der Waals surface area contributed by atoms with Gasteiger partial charge in [0, 0.05) is 32.0 Å². The Balaban J connectivity index is 4.00. The van der Waals surface area contributed by atoms with Crippen molar-refractivity contribution < 1.29 is 19.1 Å². The molecule has 0 spiro atoms. The lowest BCUT2D eigenvalue weighted by Gasteiger charge is -2.29. The zero-order chi connectivity index (χ0) is 33.9. The van der Waals surface area contributed by atoms with Crippen LogP contribution in [0, 0.1) is 0 Å². The molecule has 0 fully saturated rings. The van der Waals surface area contributed by atoms with E-state index in [0.717, 1.165) is 51.6 Å². The van der Waals surface area contributed by atoms with Crippen LogP contribution >= 0.6 is 0 Å². The van der Waals surface area contributed by atoms with E-state index < -0.39 is 0 Å². The van der Waals surface area contributed by atoms with Gasteiger partial charge >= 0.3 is 11.9 Å². The maximum atomic E-state index is 12.0. The van der Waals surface area contributed by atoms with Gasteiger partial charge in [-0.2, -0.15) is 0 Å². The molecule has 0 saturated heterocycles. The van der Waals surface area contributed by atoms with E-state index in [4.69, 9.17) is 9.47 Å². The molecule has 270 valence electrons. The summed E-state index contributed by atoms with van der Waals surface area (Å²) < 4.78 is 10.7. The second-order valence-electron chi connectivity index (χ2n) is 13.6. The Bertz CT molecular complexity index is 685. The van der Waals surface area contributed by atoms with Crippen LogP contribution in [0.4, 0.5) is 0 Å². The van der Waals surface area contributed by atoms with Gasteiger partial charge in [0.1, 0.15) is 13.2 Å². The minimum absolute atomic E-state index is 0.0608. The van der Waals surface area contributed by atoms with E-state index in [9.17, 15) is 9.59 Å². The second-order valence-corrected chi connectivity index (χ2v) is 13.6. The first-order valence-corrected chi connectivity index (χ1v) is 19.4. The highest BCUT2D eigenvalue weighted by atomic mass is 16.5. The van der Waals surface area contributed by atoms with Crippen LogP contribution in [-0.2, 0) is 19.1 Å². The number of nitrogens with zero attached hydrogens (tertiary/aromatic N) is 2. The summed E-state index contributed by atoms with van der Waals surface area (Å²) in [6, 6.07) is 0.629. The summed E-state index contributed by atoms with van der Waals surface area (Å²) in [6.07, 6.45) is 35.6. The van der Waals surface area contributed by atoms with E-state index in [0.29, 0.717) is 32.1 Å². The number of rotatable bonds is 34. The number of ether oxygens (including phenoxy) is 2. The number of unbranched alkanes of at least 4 members (excludes halogenated alkanes) is 16. The van der Waals surface area contributed by atoms with Crippen molar-refractivity contribution in [3.8, 4) is 0 Å². The van der Waals surface area contributed by atoms with Gasteiger partial charge in [-0.25, -0.2) is 0 Å². The molecule has 0 bridgehead atoms. The van der Waals surface area contributed by atoms with E-state index in [2.05, 4.69) is 56.9 Å². The number of carbonyl (C=O) groups excluding carboxylic acids is 2. The van der Waals surface area contributed by atoms with Crippen LogP contribution in [0.5, 0.6) is 0 Å². The molecule has 0 aromatic rings. The van der Waals surface area contributed by atoms with Crippen molar-refractivity contribution in [3.63, 3.8) is 0 Å². The molecule has 0 N–H and O–H groups in total. The number of carbonyl (C=O) groups is 2. The SMILES string of the molecule is CCCCCC/C=C/COC(=O)CCCCCCCC(CCCCCCCC(=O)OC/C=C/CCCCCC)N(C)CCN(C)C. The summed E-state index contributed by atoms with van der Waals surface area (Å²) in [5.41, 5.74) is 0. The summed E-state index contributed by atoms with van der Waals surface area (Å²) in [7, 11) is 6.58. The smallest absolute Gasteiger partial charge is 0.306 e. The average molecular weight is 649 g/mol. The molecule has 0 rings (SSSR count). The highest BCUT2D eigenvalue weighted by Crippen LogP contribution is 2.18. The topological polar surface area (TPSA) is 59.1 Å². The van der Waals surface area contributed by atoms with Crippen molar-refractivity contribution in [2.24, 2.45) is 0 Å². The maximum absolute atomic E-state index is 12.0. The Hall–Kier alpha value is -1.66. The van der Waals surface area contributed by atoms with Crippen LogP contribution in [0.2, 0.25) is 0 Å². The van der Waals surface area contributed by atoms with Crippen LogP contribution in [0.3, 0.4) is 0 Å². The molecule has 0 heterocycles. The van der Waals surface area contributed by atoms with Crippen molar-refractivity contribution in [2.75, 3.05) is 47.4 Å². The van der Waals surface area contributed by atoms with Crippen molar-refractivity contribution in [1.82, 2.24) is 9.80 Å². The first-order chi connectivity index (χ1) is 22.4. The molecule has 0 aliphatic heterocycles. The van der Waals surface area contributed by atoms with Gasteiger partial charge in [0.05, 0.1) is 0 Å².